The molecular formula is C41H36FN7O4. The highest BCUT2D eigenvalue weighted by Crippen LogP contribution is 2.44. The number of aryl methyl sites for hydroxylation is 2. The summed E-state index contributed by atoms with van der Waals surface area (Å²) in [5, 5.41) is 3.05. The number of nitrogens with zero attached hydrogens (tertiary/aromatic N) is 5. The van der Waals surface area contributed by atoms with E-state index >= 15 is 0 Å². The zero-order chi connectivity index (χ0) is 35.7. The molecule has 266 valence electrons. The first-order chi connectivity index (χ1) is 25.9. The van der Waals surface area contributed by atoms with Crippen LogP contribution < -0.4 is 15.1 Å². The van der Waals surface area contributed by atoms with Gasteiger partial charge in [0.05, 0.1) is 28.5 Å². The fraction of sp³-hybridized carbons (Fsp3) is 0.293. The molecule has 6 aromatic rings. The van der Waals surface area contributed by atoms with Gasteiger partial charge in [-0.15, -0.1) is 0 Å². The molecule has 2 amide bonds. The maximum Gasteiger partial charge on any atom is 0.259 e. The van der Waals surface area contributed by atoms with E-state index < -0.39 is 5.82 Å². The molecule has 1 spiro atoms. The van der Waals surface area contributed by atoms with Gasteiger partial charge in [0.25, 0.3) is 11.8 Å². The van der Waals surface area contributed by atoms with Gasteiger partial charge in [-0.1, -0.05) is 12.1 Å². The topological polar surface area (TPSA) is 129 Å². The van der Waals surface area contributed by atoms with Crippen molar-refractivity contribution in [2.24, 2.45) is 5.41 Å². The van der Waals surface area contributed by atoms with E-state index in [2.05, 4.69) is 25.2 Å². The number of aromatic nitrogens is 4. The first kappa shape index (κ1) is 31.8. The van der Waals surface area contributed by atoms with Crippen LogP contribution in [0, 0.1) is 11.2 Å². The van der Waals surface area contributed by atoms with Crippen LogP contribution in [-0.2, 0) is 24.0 Å². The van der Waals surface area contributed by atoms with E-state index in [4.69, 9.17) is 14.1 Å². The Kier molecular flexibility index (Phi) is 7.43. The normalized spacial score (nSPS) is 17.2. The summed E-state index contributed by atoms with van der Waals surface area (Å²) in [6.07, 6.45) is 6.55. The van der Waals surface area contributed by atoms with Crippen molar-refractivity contribution in [2.45, 2.75) is 38.5 Å². The zero-order valence-electron chi connectivity index (χ0n) is 29.0. The van der Waals surface area contributed by atoms with Crippen molar-refractivity contribution in [3.05, 3.63) is 107 Å². The van der Waals surface area contributed by atoms with Gasteiger partial charge in [0, 0.05) is 66.8 Å². The fourth-order valence-corrected chi connectivity index (χ4v) is 8.33. The van der Waals surface area contributed by atoms with E-state index in [-0.39, 0.29) is 23.8 Å². The van der Waals surface area contributed by atoms with Gasteiger partial charge < -0.3 is 29.3 Å². The number of furan rings is 1. The fourth-order valence-electron chi connectivity index (χ4n) is 8.33. The lowest BCUT2D eigenvalue weighted by Gasteiger charge is -2.53. The largest absolute Gasteiger partial charge is 0.451 e. The number of anilines is 3. The molecule has 2 N–H and O–H groups in total. The number of pyridine rings is 2. The number of hydrogen-bond donors (Lipinski definition) is 2. The molecule has 0 unspecified atom stereocenters. The van der Waals surface area contributed by atoms with E-state index in [1.807, 2.05) is 36.4 Å². The summed E-state index contributed by atoms with van der Waals surface area (Å²) in [5.41, 5.74) is 7.23. The van der Waals surface area contributed by atoms with Crippen LogP contribution in [0.5, 0.6) is 0 Å². The molecule has 11 nitrogen and oxygen atoms in total. The third-order valence-corrected chi connectivity index (χ3v) is 11.2. The summed E-state index contributed by atoms with van der Waals surface area (Å²) in [7, 11) is 0. The van der Waals surface area contributed by atoms with Crippen molar-refractivity contribution in [3.8, 4) is 23.0 Å². The second-order valence-electron chi connectivity index (χ2n) is 14.6. The molecule has 4 aliphatic rings. The Morgan fingerprint density at radius 3 is 2.58 bits per heavy atom. The molecule has 1 aliphatic carbocycles. The first-order valence-corrected chi connectivity index (χ1v) is 18.2. The van der Waals surface area contributed by atoms with Gasteiger partial charge in [0.1, 0.15) is 17.3 Å². The molecule has 0 atom stereocenters. The number of carbonyl (C=O) groups is 2. The van der Waals surface area contributed by atoms with Crippen LogP contribution in [0.2, 0.25) is 0 Å². The SMILES string of the molecule is O=C(Nc1ccc(C(=O)N2CCc3cc(-c4nc5ccccc5[nH]4)oc3-c3ncc(F)cc32)cc1)c1cc2c(nc1N1CC3(CCOCC3)C1)CCC2. The standard InChI is InChI=1S/C41H36FN7O4/c42-27-20-33-35(43-21-27)36-26(19-34(53-36)37-45-31-5-1-2-6-32(31)46-37)12-15-49(33)40(51)24-8-10-28(11-9-24)44-39(50)29-18-25-4-3-7-30(25)47-38(29)48-22-41(23-48)13-16-52-17-14-41/h1-2,5-6,8-11,18-21H,3-4,7,12-17,22-23H2,(H,44,50)(H,45,46). The number of amides is 2. The molecule has 10 rings (SSSR count). The molecule has 0 bridgehead atoms. The van der Waals surface area contributed by atoms with E-state index in [1.165, 1.54) is 11.0 Å². The molecular weight excluding hydrogens is 673 g/mol. The lowest BCUT2D eigenvalue weighted by molar-refractivity contribution is -0.000520. The Hall–Kier alpha value is -5.88. The Bertz CT molecular complexity index is 2390. The summed E-state index contributed by atoms with van der Waals surface area (Å²) in [6.45, 7) is 3.60. The minimum absolute atomic E-state index is 0.229. The zero-order valence-corrected chi connectivity index (χ0v) is 29.0. The number of halogens is 1. The van der Waals surface area contributed by atoms with Crippen molar-refractivity contribution >= 4 is 40.0 Å². The van der Waals surface area contributed by atoms with Crippen LogP contribution in [0.25, 0.3) is 34.1 Å². The summed E-state index contributed by atoms with van der Waals surface area (Å²) in [4.78, 5) is 49.0. The molecule has 0 radical (unpaired) electrons. The molecule has 2 saturated heterocycles. The number of rotatable bonds is 5. The van der Waals surface area contributed by atoms with Crippen molar-refractivity contribution < 1.29 is 23.1 Å². The Balaban J connectivity index is 0.889. The highest BCUT2D eigenvalue weighted by molar-refractivity contribution is 6.10. The average molecular weight is 710 g/mol. The number of fused-ring (bicyclic) bond motifs is 5. The number of H-pyrrole nitrogens is 1. The van der Waals surface area contributed by atoms with E-state index in [9.17, 15) is 14.0 Å². The molecule has 53 heavy (non-hydrogen) atoms. The third-order valence-electron chi connectivity index (χ3n) is 11.2. The third kappa shape index (κ3) is 5.56. The average Bonchev–Trinajstić information content (AvgIpc) is 3.91. The van der Waals surface area contributed by atoms with Gasteiger partial charge in [0.2, 0.25) is 0 Å². The summed E-state index contributed by atoms with van der Waals surface area (Å²) in [5.74, 6) is 1.24. The van der Waals surface area contributed by atoms with Crippen molar-refractivity contribution in [1.82, 2.24) is 19.9 Å². The molecule has 2 fully saturated rings. The van der Waals surface area contributed by atoms with Crippen molar-refractivity contribution in [3.63, 3.8) is 0 Å². The Labute approximate surface area is 304 Å². The van der Waals surface area contributed by atoms with Gasteiger partial charge in [-0.3, -0.25) is 9.59 Å². The molecule has 2 aromatic carbocycles. The van der Waals surface area contributed by atoms with E-state index in [0.717, 1.165) is 98.3 Å². The number of nitrogens with one attached hydrogen (secondary N) is 2. The number of carbonyl (C=O) groups excluding carboxylic acids is 2. The van der Waals surface area contributed by atoms with Crippen LogP contribution in [0.15, 0.2) is 77.3 Å². The van der Waals surface area contributed by atoms with Crippen LogP contribution >= 0.6 is 0 Å². The highest BCUT2D eigenvalue weighted by Gasteiger charge is 2.45. The second kappa shape index (κ2) is 12.4. The number of imidazole rings is 1. The highest BCUT2D eigenvalue weighted by atomic mass is 19.1. The molecule has 7 heterocycles. The monoisotopic (exact) mass is 709 g/mol. The van der Waals surface area contributed by atoms with Gasteiger partial charge in [-0.05, 0) is 92.6 Å². The van der Waals surface area contributed by atoms with E-state index in [1.54, 1.807) is 24.3 Å². The van der Waals surface area contributed by atoms with Crippen molar-refractivity contribution in [2.75, 3.05) is 48.0 Å². The molecule has 0 saturated carbocycles. The number of para-hydroxylation sites is 2. The quantitative estimate of drug-likeness (QED) is 0.196. The lowest BCUT2D eigenvalue weighted by atomic mass is 9.73. The van der Waals surface area contributed by atoms with Gasteiger partial charge in [-0.2, -0.15) is 0 Å². The maximum atomic E-state index is 14.7. The van der Waals surface area contributed by atoms with Crippen LogP contribution in [0.1, 0.15) is 56.8 Å². The molecule has 4 aromatic heterocycles. The summed E-state index contributed by atoms with van der Waals surface area (Å²) < 4.78 is 26.6. The number of benzene rings is 2. The number of hydrogen-bond acceptors (Lipinski definition) is 8. The van der Waals surface area contributed by atoms with Gasteiger partial charge >= 0.3 is 0 Å². The number of aromatic amines is 1. The van der Waals surface area contributed by atoms with Gasteiger partial charge in [0.15, 0.2) is 17.3 Å². The smallest absolute Gasteiger partial charge is 0.259 e. The van der Waals surface area contributed by atoms with Crippen LogP contribution in [-0.4, -0.2) is 64.6 Å². The predicted octanol–water partition coefficient (Wildman–Crippen LogP) is 6.98. The summed E-state index contributed by atoms with van der Waals surface area (Å²) in [6, 6.07) is 19.8. The van der Waals surface area contributed by atoms with Gasteiger partial charge in [-0.25, -0.2) is 19.3 Å². The first-order valence-electron chi connectivity index (χ1n) is 18.2. The molecule has 12 heteroatoms. The summed E-state index contributed by atoms with van der Waals surface area (Å²) >= 11 is 0. The minimum atomic E-state index is -0.561. The minimum Gasteiger partial charge on any atom is -0.451 e. The number of ether oxygens (including phenoxy) is 1. The maximum absolute atomic E-state index is 14.7. The molecule has 3 aliphatic heterocycles. The Morgan fingerprint density at radius 2 is 1.75 bits per heavy atom. The Morgan fingerprint density at radius 1 is 0.925 bits per heavy atom. The van der Waals surface area contributed by atoms with Crippen LogP contribution in [0.4, 0.5) is 21.6 Å². The lowest BCUT2D eigenvalue weighted by Crippen LogP contribution is -2.59. The van der Waals surface area contributed by atoms with E-state index in [0.29, 0.717) is 52.0 Å². The van der Waals surface area contributed by atoms with Crippen LogP contribution in [0.3, 0.4) is 0 Å². The predicted molar refractivity (Wildman–Crippen MR) is 198 cm³/mol. The second-order valence-corrected chi connectivity index (χ2v) is 14.6. The van der Waals surface area contributed by atoms with Crippen molar-refractivity contribution in [1.29, 1.82) is 0 Å².